The van der Waals surface area contributed by atoms with Gasteiger partial charge in [0.15, 0.2) is 0 Å². The molecular weight excluding hydrogens is 258 g/mol. The zero-order chi connectivity index (χ0) is 13.3. The van der Waals surface area contributed by atoms with Gasteiger partial charge in [0, 0.05) is 18.2 Å². The largest absolute Gasteiger partial charge is 0.316 e. The van der Waals surface area contributed by atoms with Crippen LogP contribution in [-0.4, -0.2) is 24.5 Å². The lowest BCUT2D eigenvalue weighted by atomic mass is 10.1. The Morgan fingerprint density at radius 1 is 1.44 bits per heavy atom. The summed E-state index contributed by atoms with van der Waals surface area (Å²) < 4.78 is 26.8. The molecular formula is C12H14F2N2OS. The first-order valence-electron chi connectivity index (χ1n) is 5.61. The van der Waals surface area contributed by atoms with Crippen molar-refractivity contribution in [2.45, 2.75) is 12.5 Å². The van der Waals surface area contributed by atoms with Crippen molar-refractivity contribution in [1.82, 2.24) is 0 Å². The Kier molecular flexibility index (Phi) is 3.87. The maximum Gasteiger partial charge on any atom is 0.248 e. The zero-order valence-electron chi connectivity index (χ0n) is 9.95. The number of anilines is 1. The van der Waals surface area contributed by atoms with E-state index in [1.165, 1.54) is 11.0 Å². The first-order valence-corrected chi connectivity index (χ1v) is 7.00. The maximum atomic E-state index is 13.6. The molecule has 1 aromatic carbocycles. The number of thioether (sulfide) groups is 1. The lowest BCUT2D eigenvalue weighted by Crippen LogP contribution is -2.32. The highest BCUT2D eigenvalue weighted by atomic mass is 32.2. The molecule has 1 aromatic rings. The second-order valence-electron chi connectivity index (χ2n) is 4.13. The molecule has 6 heteroatoms. The highest BCUT2D eigenvalue weighted by Gasteiger charge is 2.37. The van der Waals surface area contributed by atoms with E-state index in [2.05, 4.69) is 0 Å². The number of carbonyl (C=O) groups excluding carboxylic acids is 1. The standard InChI is InChI=1S/C12H14F2N2OS/c1-18-4-2-3-16-9-6-7(13)5-8(14)10(9)11(15)12(16)17/h5-6,11H,2-4,15H2,1H3. The minimum absolute atomic E-state index is 0.102. The van der Waals surface area contributed by atoms with Crippen molar-refractivity contribution < 1.29 is 13.6 Å². The molecule has 1 heterocycles. The van der Waals surface area contributed by atoms with Gasteiger partial charge in [0.25, 0.3) is 0 Å². The van der Waals surface area contributed by atoms with Crippen molar-refractivity contribution >= 4 is 23.4 Å². The lowest BCUT2D eigenvalue weighted by Gasteiger charge is -2.17. The summed E-state index contributed by atoms with van der Waals surface area (Å²) in [5, 5.41) is 0. The molecule has 2 N–H and O–H groups in total. The molecule has 0 bridgehead atoms. The fraction of sp³-hybridized carbons (Fsp3) is 0.417. The van der Waals surface area contributed by atoms with Crippen LogP contribution in [-0.2, 0) is 4.79 Å². The number of carbonyl (C=O) groups is 1. The summed E-state index contributed by atoms with van der Waals surface area (Å²) in [5.41, 5.74) is 6.05. The van der Waals surface area contributed by atoms with Gasteiger partial charge >= 0.3 is 0 Å². The van der Waals surface area contributed by atoms with E-state index in [0.29, 0.717) is 6.54 Å². The number of nitrogens with two attached hydrogens (primary N) is 1. The van der Waals surface area contributed by atoms with E-state index < -0.39 is 17.7 Å². The summed E-state index contributed by atoms with van der Waals surface area (Å²) >= 11 is 1.66. The molecule has 18 heavy (non-hydrogen) atoms. The number of benzene rings is 1. The molecule has 1 atom stereocenters. The molecule has 3 nitrogen and oxygen atoms in total. The summed E-state index contributed by atoms with van der Waals surface area (Å²) in [6.07, 6.45) is 2.72. The first kappa shape index (κ1) is 13.3. The molecule has 0 fully saturated rings. The zero-order valence-corrected chi connectivity index (χ0v) is 10.8. The van der Waals surface area contributed by atoms with E-state index in [0.717, 1.165) is 18.2 Å². The molecule has 2 rings (SSSR count). The van der Waals surface area contributed by atoms with Gasteiger partial charge in [0.2, 0.25) is 5.91 Å². The van der Waals surface area contributed by atoms with Gasteiger partial charge in [-0.1, -0.05) is 0 Å². The third kappa shape index (κ3) is 2.22. The number of rotatable bonds is 4. The molecule has 0 aliphatic carbocycles. The average Bonchev–Trinajstić information content (AvgIpc) is 2.54. The smallest absolute Gasteiger partial charge is 0.248 e. The fourth-order valence-electron chi connectivity index (χ4n) is 2.11. The molecule has 0 spiro atoms. The van der Waals surface area contributed by atoms with Gasteiger partial charge in [-0.2, -0.15) is 11.8 Å². The fourth-order valence-corrected chi connectivity index (χ4v) is 2.53. The molecule has 0 saturated carbocycles. The van der Waals surface area contributed by atoms with Gasteiger partial charge in [0.1, 0.15) is 17.7 Å². The molecule has 0 saturated heterocycles. The van der Waals surface area contributed by atoms with Crippen molar-refractivity contribution in [2.75, 3.05) is 23.5 Å². The van der Waals surface area contributed by atoms with Crippen LogP contribution in [0.1, 0.15) is 18.0 Å². The van der Waals surface area contributed by atoms with Gasteiger partial charge < -0.3 is 10.6 Å². The first-order chi connectivity index (χ1) is 8.56. The Bertz CT molecular complexity index is 481. The summed E-state index contributed by atoms with van der Waals surface area (Å²) in [6.45, 7) is 0.434. The van der Waals surface area contributed by atoms with Crippen LogP contribution in [0, 0.1) is 11.6 Å². The molecule has 0 aromatic heterocycles. The number of hydrogen-bond donors (Lipinski definition) is 1. The van der Waals surface area contributed by atoms with Crippen LogP contribution in [0.25, 0.3) is 0 Å². The Labute approximate surface area is 108 Å². The van der Waals surface area contributed by atoms with Crippen LogP contribution < -0.4 is 10.6 Å². The lowest BCUT2D eigenvalue weighted by molar-refractivity contribution is -0.119. The topological polar surface area (TPSA) is 46.3 Å². The van der Waals surface area contributed by atoms with Gasteiger partial charge in [-0.05, 0) is 24.5 Å². The van der Waals surface area contributed by atoms with Crippen molar-refractivity contribution in [3.05, 3.63) is 29.3 Å². The van der Waals surface area contributed by atoms with Crippen LogP contribution in [0.5, 0.6) is 0 Å². The van der Waals surface area contributed by atoms with Crippen LogP contribution in [0.2, 0.25) is 0 Å². The number of nitrogens with zero attached hydrogens (tertiary/aromatic N) is 1. The third-order valence-corrected chi connectivity index (χ3v) is 3.63. The summed E-state index contributed by atoms with van der Waals surface area (Å²) in [4.78, 5) is 13.3. The Morgan fingerprint density at radius 2 is 2.17 bits per heavy atom. The average molecular weight is 272 g/mol. The van der Waals surface area contributed by atoms with E-state index >= 15 is 0 Å². The normalized spacial score (nSPS) is 18.3. The predicted molar refractivity (Wildman–Crippen MR) is 68.6 cm³/mol. The SMILES string of the molecule is CSCCCN1C(=O)C(N)c2c(F)cc(F)cc21. The second-order valence-corrected chi connectivity index (χ2v) is 5.12. The van der Waals surface area contributed by atoms with Crippen LogP contribution in [0.4, 0.5) is 14.5 Å². The van der Waals surface area contributed by atoms with Crippen molar-refractivity contribution in [2.24, 2.45) is 5.73 Å². The predicted octanol–water partition coefficient (Wildman–Crippen LogP) is 2.06. The van der Waals surface area contributed by atoms with Crippen molar-refractivity contribution in [3.8, 4) is 0 Å². The van der Waals surface area contributed by atoms with E-state index in [9.17, 15) is 13.6 Å². The quantitative estimate of drug-likeness (QED) is 0.853. The van der Waals surface area contributed by atoms with E-state index in [4.69, 9.17) is 5.73 Å². The van der Waals surface area contributed by atoms with Gasteiger partial charge in [-0.25, -0.2) is 8.78 Å². The number of amides is 1. The Morgan fingerprint density at radius 3 is 2.83 bits per heavy atom. The molecule has 1 aliphatic heterocycles. The molecule has 1 aliphatic rings. The highest BCUT2D eigenvalue weighted by molar-refractivity contribution is 7.98. The number of hydrogen-bond acceptors (Lipinski definition) is 3. The summed E-state index contributed by atoms with van der Waals surface area (Å²) in [5.74, 6) is -0.927. The third-order valence-electron chi connectivity index (χ3n) is 2.94. The Balaban J connectivity index is 2.32. The monoisotopic (exact) mass is 272 g/mol. The molecule has 1 amide bonds. The van der Waals surface area contributed by atoms with Crippen LogP contribution >= 0.6 is 11.8 Å². The van der Waals surface area contributed by atoms with Gasteiger partial charge in [-0.15, -0.1) is 0 Å². The van der Waals surface area contributed by atoms with Crippen molar-refractivity contribution in [3.63, 3.8) is 0 Å². The second kappa shape index (κ2) is 5.24. The number of halogens is 2. The van der Waals surface area contributed by atoms with Gasteiger partial charge in [-0.3, -0.25) is 4.79 Å². The maximum absolute atomic E-state index is 13.6. The van der Waals surface area contributed by atoms with E-state index in [1.807, 2.05) is 6.26 Å². The minimum Gasteiger partial charge on any atom is -0.316 e. The van der Waals surface area contributed by atoms with Gasteiger partial charge in [0.05, 0.1) is 5.69 Å². The minimum atomic E-state index is -1.02. The number of fused-ring (bicyclic) bond motifs is 1. The Hall–Kier alpha value is -1.14. The molecule has 0 radical (unpaired) electrons. The summed E-state index contributed by atoms with van der Waals surface area (Å²) in [7, 11) is 0. The summed E-state index contributed by atoms with van der Waals surface area (Å²) in [6, 6.07) is 0.912. The molecule has 1 unspecified atom stereocenters. The van der Waals surface area contributed by atoms with Crippen molar-refractivity contribution in [1.29, 1.82) is 0 Å². The van der Waals surface area contributed by atoms with Crippen LogP contribution in [0.15, 0.2) is 12.1 Å². The van der Waals surface area contributed by atoms with E-state index in [-0.39, 0.29) is 17.2 Å². The van der Waals surface area contributed by atoms with E-state index in [1.54, 1.807) is 11.8 Å². The van der Waals surface area contributed by atoms with Crippen LogP contribution in [0.3, 0.4) is 0 Å². The highest BCUT2D eigenvalue weighted by Crippen LogP contribution is 2.37. The molecule has 98 valence electrons.